The topological polar surface area (TPSA) is 81.7 Å². The summed E-state index contributed by atoms with van der Waals surface area (Å²) in [6.45, 7) is 5.10. The summed E-state index contributed by atoms with van der Waals surface area (Å²) in [5, 5.41) is 2.44. The summed E-state index contributed by atoms with van der Waals surface area (Å²) < 4.78 is 22.6. The molecule has 0 aliphatic rings. The molecule has 1 aromatic rings. The minimum atomic E-state index is -1.14. The van der Waals surface area contributed by atoms with Crippen molar-refractivity contribution in [1.29, 1.82) is 0 Å². The zero-order valence-electron chi connectivity index (χ0n) is 14.2. The van der Waals surface area contributed by atoms with Crippen LogP contribution in [0.25, 0.3) is 0 Å². The second-order valence-corrected chi connectivity index (χ2v) is 6.24. The number of halogens is 1. The van der Waals surface area contributed by atoms with Crippen molar-refractivity contribution >= 4 is 17.8 Å². The normalized spacial score (nSPS) is 12.2. The summed E-state index contributed by atoms with van der Waals surface area (Å²) in [7, 11) is 1.16. The Morgan fingerprint density at radius 1 is 1.17 bits per heavy atom. The fourth-order valence-corrected chi connectivity index (χ4v) is 1.92. The first kappa shape index (κ1) is 19.6. The highest BCUT2D eigenvalue weighted by molar-refractivity contribution is 5.88. The van der Waals surface area contributed by atoms with Gasteiger partial charge >= 0.3 is 11.9 Å². The monoisotopic (exact) mass is 339 g/mol. The van der Waals surface area contributed by atoms with Crippen LogP contribution in [0.2, 0.25) is 0 Å². The predicted octanol–water partition coefficient (Wildman–Crippen LogP) is 1.76. The Morgan fingerprint density at radius 3 is 2.25 bits per heavy atom. The Kier molecular flexibility index (Phi) is 6.88. The van der Waals surface area contributed by atoms with Crippen molar-refractivity contribution in [2.45, 2.75) is 45.3 Å². The largest absolute Gasteiger partial charge is 0.467 e. The van der Waals surface area contributed by atoms with Crippen LogP contribution in [0.1, 0.15) is 32.8 Å². The molecule has 0 radical (unpaired) electrons. The summed E-state index contributed by atoms with van der Waals surface area (Å²) in [4.78, 5) is 35.6. The van der Waals surface area contributed by atoms with E-state index in [2.05, 4.69) is 10.1 Å². The van der Waals surface area contributed by atoms with E-state index in [-0.39, 0.29) is 12.8 Å². The van der Waals surface area contributed by atoms with Gasteiger partial charge < -0.3 is 14.8 Å². The third-order valence-corrected chi connectivity index (χ3v) is 2.89. The summed E-state index contributed by atoms with van der Waals surface area (Å²) in [6.07, 6.45) is -0.388. The number of carbonyl (C=O) groups is 3. The van der Waals surface area contributed by atoms with Crippen LogP contribution in [0, 0.1) is 5.82 Å². The van der Waals surface area contributed by atoms with Gasteiger partial charge in [-0.05, 0) is 38.5 Å². The average molecular weight is 339 g/mol. The number of esters is 2. The molecule has 0 spiro atoms. The lowest BCUT2D eigenvalue weighted by Gasteiger charge is -2.22. The lowest BCUT2D eigenvalue weighted by molar-refractivity contribution is -0.159. The molecule has 0 saturated carbocycles. The molecule has 7 heteroatoms. The minimum Gasteiger partial charge on any atom is -0.467 e. The number of hydrogen-bond acceptors (Lipinski definition) is 5. The van der Waals surface area contributed by atoms with E-state index in [9.17, 15) is 18.8 Å². The van der Waals surface area contributed by atoms with Crippen LogP contribution in [0.4, 0.5) is 4.39 Å². The maximum atomic E-state index is 12.9. The third kappa shape index (κ3) is 7.21. The van der Waals surface area contributed by atoms with Crippen molar-refractivity contribution in [3.63, 3.8) is 0 Å². The van der Waals surface area contributed by atoms with Crippen LogP contribution < -0.4 is 5.32 Å². The van der Waals surface area contributed by atoms with Crippen LogP contribution in [0.3, 0.4) is 0 Å². The second-order valence-electron chi connectivity index (χ2n) is 6.24. The third-order valence-electron chi connectivity index (χ3n) is 2.89. The molecule has 0 saturated heterocycles. The standard InChI is InChI=1S/C17H22FNO5/c1-17(2,3)24-15(21)10-13(16(22)23-4)19-14(20)9-11-5-7-12(18)8-6-11/h5-8,13H,9-10H2,1-4H3,(H,19,20)/t13-/m1/s1. The maximum absolute atomic E-state index is 12.9. The van der Waals surface area contributed by atoms with Gasteiger partial charge in [-0.3, -0.25) is 9.59 Å². The number of rotatable bonds is 6. The number of hydrogen-bond donors (Lipinski definition) is 1. The van der Waals surface area contributed by atoms with E-state index in [1.807, 2.05) is 0 Å². The van der Waals surface area contributed by atoms with Gasteiger partial charge in [-0.1, -0.05) is 12.1 Å². The average Bonchev–Trinajstić information content (AvgIpc) is 2.46. The first-order valence-corrected chi connectivity index (χ1v) is 7.44. The van der Waals surface area contributed by atoms with Gasteiger partial charge in [0.1, 0.15) is 17.5 Å². The Bertz CT molecular complexity index is 592. The van der Waals surface area contributed by atoms with Gasteiger partial charge in [-0.25, -0.2) is 9.18 Å². The van der Waals surface area contributed by atoms with Gasteiger partial charge in [0.15, 0.2) is 0 Å². The van der Waals surface area contributed by atoms with E-state index in [0.29, 0.717) is 5.56 Å². The molecular formula is C17H22FNO5. The highest BCUT2D eigenvalue weighted by atomic mass is 19.1. The molecule has 1 rings (SSSR count). The van der Waals surface area contributed by atoms with Crippen molar-refractivity contribution in [3.05, 3.63) is 35.6 Å². The Hall–Kier alpha value is -2.44. The van der Waals surface area contributed by atoms with Crippen LogP contribution >= 0.6 is 0 Å². The molecule has 1 aromatic carbocycles. The fraction of sp³-hybridized carbons (Fsp3) is 0.471. The van der Waals surface area contributed by atoms with E-state index in [0.717, 1.165) is 7.11 Å². The molecule has 132 valence electrons. The molecule has 0 heterocycles. The Labute approximate surface area is 140 Å². The predicted molar refractivity (Wildman–Crippen MR) is 84.5 cm³/mol. The molecule has 6 nitrogen and oxygen atoms in total. The number of benzene rings is 1. The quantitative estimate of drug-likeness (QED) is 0.799. The second kappa shape index (κ2) is 8.42. The number of amides is 1. The smallest absolute Gasteiger partial charge is 0.328 e. The van der Waals surface area contributed by atoms with Gasteiger partial charge in [0.25, 0.3) is 0 Å². The summed E-state index contributed by atoms with van der Waals surface area (Å²) in [6, 6.07) is 4.27. The van der Waals surface area contributed by atoms with Crippen molar-refractivity contribution in [1.82, 2.24) is 5.32 Å². The first-order valence-electron chi connectivity index (χ1n) is 7.44. The van der Waals surface area contributed by atoms with Gasteiger partial charge in [-0.2, -0.15) is 0 Å². The number of carbonyl (C=O) groups excluding carboxylic acids is 3. The molecule has 1 amide bonds. The molecule has 0 aromatic heterocycles. The highest BCUT2D eigenvalue weighted by Crippen LogP contribution is 2.10. The molecule has 0 bridgehead atoms. The highest BCUT2D eigenvalue weighted by Gasteiger charge is 2.27. The van der Waals surface area contributed by atoms with Gasteiger partial charge in [-0.15, -0.1) is 0 Å². The zero-order valence-corrected chi connectivity index (χ0v) is 14.2. The van der Waals surface area contributed by atoms with Crippen molar-refractivity contribution < 1.29 is 28.2 Å². The van der Waals surface area contributed by atoms with Gasteiger partial charge in [0, 0.05) is 0 Å². The van der Waals surface area contributed by atoms with Crippen LogP contribution in [0.5, 0.6) is 0 Å². The molecule has 0 unspecified atom stereocenters. The van der Waals surface area contributed by atoms with Crippen molar-refractivity contribution in [2.24, 2.45) is 0 Å². The molecule has 24 heavy (non-hydrogen) atoms. The molecule has 1 atom stereocenters. The SMILES string of the molecule is COC(=O)[C@@H](CC(=O)OC(C)(C)C)NC(=O)Cc1ccc(F)cc1. The number of nitrogens with one attached hydrogen (secondary N) is 1. The van der Waals surface area contributed by atoms with Crippen LogP contribution in [0.15, 0.2) is 24.3 Å². The van der Waals surface area contributed by atoms with E-state index >= 15 is 0 Å². The molecular weight excluding hydrogens is 317 g/mol. The first-order chi connectivity index (χ1) is 11.1. The lowest BCUT2D eigenvalue weighted by atomic mass is 10.1. The van der Waals surface area contributed by atoms with Crippen molar-refractivity contribution in [2.75, 3.05) is 7.11 Å². The van der Waals surface area contributed by atoms with Crippen LogP contribution in [-0.4, -0.2) is 36.6 Å². The van der Waals surface area contributed by atoms with E-state index in [1.54, 1.807) is 20.8 Å². The molecule has 0 fully saturated rings. The molecule has 0 aliphatic heterocycles. The molecule has 0 aliphatic carbocycles. The van der Waals surface area contributed by atoms with E-state index < -0.39 is 35.3 Å². The van der Waals surface area contributed by atoms with Gasteiger partial charge in [0.2, 0.25) is 5.91 Å². The summed E-state index contributed by atoms with van der Waals surface area (Å²) in [5.74, 6) is -2.26. The lowest BCUT2D eigenvalue weighted by Crippen LogP contribution is -2.44. The summed E-state index contributed by atoms with van der Waals surface area (Å²) >= 11 is 0. The zero-order chi connectivity index (χ0) is 18.3. The van der Waals surface area contributed by atoms with E-state index in [4.69, 9.17) is 4.74 Å². The number of ether oxygens (including phenoxy) is 2. The molecule has 1 N–H and O–H groups in total. The Morgan fingerprint density at radius 2 is 1.75 bits per heavy atom. The van der Waals surface area contributed by atoms with Crippen molar-refractivity contribution in [3.8, 4) is 0 Å². The maximum Gasteiger partial charge on any atom is 0.328 e. The fourth-order valence-electron chi connectivity index (χ4n) is 1.92. The summed E-state index contributed by atoms with van der Waals surface area (Å²) in [5.41, 5.74) is -0.120. The Balaban J connectivity index is 2.68. The number of methoxy groups -OCH3 is 1. The van der Waals surface area contributed by atoms with Crippen LogP contribution in [-0.2, 0) is 30.3 Å². The minimum absolute atomic E-state index is 0.0535. The van der Waals surface area contributed by atoms with E-state index in [1.165, 1.54) is 24.3 Å². The van der Waals surface area contributed by atoms with Gasteiger partial charge in [0.05, 0.1) is 20.0 Å².